The number of hydrogen-bond donors (Lipinski definition) is 1. The number of carbonyl (C=O) groups is 1. The highest BCUT2D eigenvalue weighted by atomic mass is 32.2. The number of hydrogen-bond acceptors (Lipinski definition) is 5. The Morgan fingerprint density at radius 1 is 1.57 bits per heavy atom. The zero-order valence-corrected chi connectivity index (χ0v) is 13.5. The first kappa shape index (κ1) is 16.3. The first-order valence-corrected chi connectivity index (χ1v) is 8.27. The summed E-state index contributed by atoms with van der Waals surface area (Å²) in [7, 11) is 4.07. The van der Waals surface area contributed by atoms with Crippen LogP contribution in [0.25, 0.3) is 0 Å². The van der Waals surface area contributed by atoms with Gasteiger partial charge < -0.3 is 15.0 Å². The molecule has 1 aromatic rings. The average molecular weight is 309 g/mol. The Morgan fingerprint density at radius 3 is 3.14 bits per heavy atom. The van der Waals surface area contributed by atoms with Crippen molar-refractivity contribution in [3.05, 3.63) is 23.9 Å². The number of amides is 1. The van der Waals surface area contributed by atoms with E-state index in [9.17, 15) is 4.79 Å². The van der Waals surface area contributed by atoms with Crippen LogP contribution < -0.4 is 5.32 Å². The van der Waals surface area contributed by atoms with Gasteiger partial charge in [0.25, 0.3) is 5.91 Å². The predicted molar refractivity (Wildman–Crippen MR) is 84.8 cm³/mol. The van der Waals surface area contributed by atoms with Crippen molar-refractivity contribution in [1.29, 1.82) is 0 Å². The van der Waals surface area contributed by atoms with Gasteiger partial charge in [-0.3, -0.25) is 4.79 Å². The van der Waals surface area contributed by atoms with Crippen LogP contribution in [0.4, 0.5) is 0 Å². The van der Waals surface area contributed by atoms with Gasteiger partial charge in [-0.1, -0.05) is 0 Å². The Kier molecular flexibility index (Phi) is 6.48. The van der Waals surface area contributed by atoms with Crippen LogP contribution in [0.1, 0.15) is 23.2 Å². The highest BCUT2D eigenvalue weighted by Gasteiger charge is 2.18. The van der Waals surface area contributed by atoms with Crippen molar-refractivity contribution >= 4 is 17.7 Å². The van der Waals surface area contributed by atoms with Crippen LogP contribution in [0.15, 0.2) is 23.4 Å². The molecular weight excluding hydrogens is 286 g/mol. The molecule has 0 radical (unpaired) electrons. The summed E-state index contributed by atoms with van der Waals surface area (Å²) in [5, 5.41) is 3.75. The fraction of sp³-hybridized carbons (Fsp3) is 0.600. The van der Waals surface area contributed by atoms with E-state index in [2.05, 4.69) is 15.2 Å². The minimum Gasteiger partial charge on any atom is -0.376 e. The molecule has 2 rings (SSSR count). The van der Waals surface area contributed by atoms with E-state index >= 15 is 0 Å². The Morgan fingerprint density at radius 2 is 2.43 bits per heavy atom. The van der Waals surface area contributed by atoms with E-state index < -0.39 is 0 Å². The topological polar surface area (TPSA) is 54.5 Å². The van der Waals surface area contributed by atoms with Crippen molar-refractivity contribution in [2.24, 2.45) is 0 Å². The summed E-state index contributed by atoms with van der Waals surface area (Å²) in [5.74, 6) is 0.849. The molecule has 0 aliphatic carbocycles. The molecular formula is C15H23N3O2S. The van der Waals surface area contributed by atoms with Crippen LogP contribution in [-0.4, -0.2) is 61.4 Å². The maximum absolute atomic E-state index is 12.3. The molecule has 0 saturated carbocycles. The number of ether oxygens (including phenoxy) is 1. The Bertz CT molecular complexity index is 462. The second kappa shape index (κ2) is 8.36. The number of nitrogens with zero attached hydrogens (tertiary/aromatic N) is 2. The molecule has 1 N–H and O–H groups in total. The van der Waals surface area contributed by atoms with Crippen LogP contribution in [0.2, 0.25) is 0 Å². The van der Waals surface area contributed by atoms with Gasteiger partial charge in [-0.05, 0) is 39.1 Å². The molecule has 6 heteroatoms. The van der Waals surface area contributed by atoms with Crippen molar-refractivity contribution in [2.75, 3.05) is 39.5 Å². The van der Waals surface area contributed by atoms with Gasteiger partial charge in [0.05, 0.1) is 11.7 Å². The van der Waals surface area contributed by atoms with E-state index in [0.29, 0.717) is 12.1 Å². The van der Waals surface area contributed by atoms with E-state index in [1.807, 2.05) is 20.2 Å². The quantitative estimate of drug-likeness (QED) is 0.776. The van der Waals surface area contributed by atoms with Gasteiger partial charge in [0, 0.05) is 31.6 Å². The lowest BCUT2D eigenvalue weighted by atomic mass is 10.2. The van der Waals surface area contributed by atoms with Crippen molar-refractivity contribution < 1.29 is 9.53 Å². The van der Waals surface area contributed by atoms with Gasteiger partial charge in [0.15, 0.2) is 0 Å². The molecule has 21 heavy (non-hydrogen) atoms. The molecule has 0 spiro atoms. The van der Waals surface area contributed by atoms with E-state index in [1.165, 1.54) is 0 Å². The third-order valence-corrected chi connectivity index (χ3v) is 4.29. The summed E-state index contributed by atoms with van der Waals surface area (Å²) < 4.78 is 5.52. The third kappa shape index (κ3) is 5.30. The van der Waals surface area contributed by atoms with E-state index in [-0.39, 0.29) is 12.0 Å². The minimum atomic E-state index is -0.0639. The lowest BCUT2D eigenvalue weighted by Crippen LogP contribution is -2.32. The second-order valence-corrected chi connectivity index (χ2v) is 6.44. The highest BCUT2D eigenvalue weighted by Crippen LogP contribution is 2.20. The van der Waals surface area contributed by atoms with Gasteiger partial charge in [-0.15, -0.1) is 11.8 Å². The summed E-state index contributed by atoms with van der Waals surface area (Å²) in [6, 6.07) is 3.63. The number of nitrogens with one attached hydrogen (secondary N) is 1. The maximum atomic E-state index is 12.3. The van der Waals surface area contributed by atoms with Crippen molar-refractivity contribution in [1.82, 2.24) is 15.2 Å². The van der Waals surface area contributed by atoms with Gasteiger partial charge >= 0.3 is 0 Å². The van der Waals surface area contributed by atoms with Crippen molar-refractivity contribution in [3.8, 4) is 0 Å². The molecule has 2 heterocycles. The zero-order valence-electron chi connectivity index (χ0n) is 12.7. The van der Waals surface area contributed by atoms with Crippen molar-refractivity contribution in [3.63, 3.8) is 0 Å². The zero-order chi connectivity index (χ0) is 15.1. The Labute approximate surface area is 130 Å². The molecule has 5 nitrogen and oxygen atoms in total. The minimum absolute atomic E-state index is 0.0639. The fourth-order valence-corrected chi connectivity index (χ4v) is 3.21. The van der Waals surface area contributed by atoms with Crippen LogP contribution >= 0.6 is 11.8 Å². The third-order valence-electron chi connectivity index (χ3n) is 3.31. The largest absolute Gasteiger partial charge is 0.376 e. The number of rotatable bonds is 7. The number of aromatic nitrogens is 1. The summed E-state index contributed by atoms with van der Waals surface area (Å²) in [6.07, 6.45) is 4.00. The molecule has 1 fully saturated rings. The highest BCUT2D eigenvalue weighted by molar-refractivity contribution is 7.99. The number of pyridine rings is 1. The summed E-state index contributed by atoms with van der Waals surface area (Å²) in [5.41, 5.74) is 0.652. The van der Waals surface area contributed by atoms with Crippen LogP contribution in [0.5, 0.6) is 0 Å². The van der Waals surface area contributed by atoms with Gasteiger partial charge in [0.2, 0.25) is 0 Å². The lowest BCUT2D eigenvalue weighted by Gasteiger charge is -2.13. The Hall–Kier alpha value is -1.11. The van der Waals surface area contributed by atoms with Gasteiger partial charge in [-0.25, -0.2) is 4.98 Å². The molecule has 1 aliphatic heterocycles. The van der Waals surface area contributed by atoms with Crippen molar-refractivity contribution in [2.45, 2.75) is 24.0 Å². The SMILES string of the molecule is CN(C)CCSc1ncccc1C(=O)NCC1CCCO1. The average Bonchev–Trinajstić information content (AvgIpc) is 2.98. The van der Waals surface area contributed by atoms with E-state index in [0.717, 1.165) is 36.8 Å². The van der Waals surface area contributed by atoms with Gasteiger partial charge in [-0.2, -0.15) is 0 Å². The van der Waals surface area contributed by atoms with Crippen LogP contribution in [0, 0.1) is 0 Å². The standard InChI is InChI=1S/C15H23N3O2S/c1-18(2)8-10-21-15-13(6-3-7-16-15)14(19)17-11-12-5-4-9-20-12/h3,6-7,12H,4-5,8-11H2,1-2H3,(H,17,19). The molecule has 0 aromatic carbocycles. The summed E-state index contributed by atoms with van der Waals surface area (Å²) in [6.45, 7) is 2.34. The molecule has 0 bridgehead atoms. The molecule has 116 valence electrons. The smallest absolute Gasteiger partial charge is 0.254 e. The normalized spacial score (nSPS) is 18.1. The second-order valence-electron chi connectivity index (χ2n) is 5.35. The molecule has 1 amide bonds. The molecule has 1 saturated heterocycles. The molecule has 1 atom stereocenters. The van der Waals surface area contributed by atoms with Crippen LogP contribution in [-0.2, 0) is 4.74 Å². The number of carbonyl (C=O) groups excluding carboxylic acids is 1. The molecule has 1 unspecified atom stereocenters. The summed E-state index contributed by atoms with van der Waals surface area (Å²) >= 11 is 1.62. The van der Waals surface area contributed by atoms with E-state index in [1.54, 1.807) is 24.0 Å². The predicted octanol–water partition coefficient (Wildman–Crippen LogP) is 1.64. The number of thioether (sulfide) groups is 1. The first-order valence-electron chi connectivity index (χ1n) is 7.29. The lowest BCUT2D eigenvalue weighted by molar-refractivity contribution is 0.0855. The Balaban J connectivity index is 1.89. The van der Waals surface area contributed by atoms with Crippen LogP contribution in [0.3, 0.4) is 0 Å². The molecule has 1 aromatic heterocycles. The summed E-state index contributed by atoms with van der Waals surface area (Å²) in [4.78, 5) is 18.7. The van der Waals surface area contributed by atoms with E-state index in [4.69, 9.17) is 4.74 Å². The molecule has 1 aliphatic rings. The maximum Gasteiger partial charge on any atom is 0.254 e. The first-order chi connectivity index (χ1) is 10.2. The monoisotopic (exact) mass is 309 g/mol. The van der Waals surface area contributed by atoms with Gasteiger partial charge in [0.1, 0.15) is 5.03 Å². The fourth-order valence-electron chi connectivity index (χ4n) is 2.11.